The minimum absolute atomic E-state index is 0.0296. The number of aliphatic hydroxyl groups is 1. The number of hydrogen-bond donors (Lipinski definition) is 1. The third-order valence-electron chi connectivity index (χ3n) is 6.88. The number of ether oxygens (including phenoxy) is 1. The highest BCUT2D eigenvalue weighted by atomic mass is 16.5. The van der Waals surface area contributed by atoms with Crippen molar-refractivity contribution in [3.8, 4) is 0 Å². The average Bonchev–Trinajstić information content (AvgIpc) is 3.16. The summed E-state index contributed by atoms with van der Waals surface area (Å²) < 4.78 is 5.19. The van der Waals surface area contributed by atoms with E-state index in [9.17, 15) is 19.5 Å². The molecule has 7 heteroatoms. The maximum absolute atomic E-state index is 13.5. The first-order valence-electron chi connectivity index (χ1n) is 13.1. The summed E-state index contributed by atoms with van der Waals surface area (Å²) in [5.41, 5.74) is 3.92. The van der Waals surface area contributed by atoms with Crippen LogP contribution < -0.4 is 0 Å². The van der Waals surface area contributed by atoms with E-state index in [4.69, 9.17) is 4.74 Å². The Morgan fingerprint density at radius 3 is 2.41 bits per heavy atom. The number of esters is 1. The van der Waals surface area contributed by atoms with Gasteiger partial charge in [0, 0.05) is 24.5 Å². The van der Waals surface area contributed by atoms with Crippen LogP contribution in [0.5, 0.6) is 0 Å². The minimum atomic E-state index is -0.828. The fraction of sp³-hybridized carbons (Fsp3) is 0.312. The van der Waals surface area contributed by atoms with Crippen molar-refractivity contribution in [1.29, 1.82) is 0 Å². The predicted molar refractivity (Wildman–Crippen MR) is 149 cm³/mol. The molecule has 202 valence electrons. The quantitative estimate of drug-likeness (QED) is 0.179. The summed E-state index contributed by atoms with van der Waals surface area (Å²) in [7, 11) is 0. The van der Waals surface area contributed by atoms with Crippen LogP contribution in [0.2, 0.25) is 0 Å². The molecule has 7 nitrogen and oxygen atoms in total. The van der Waals surface area contributed by atoms with Gasteiger partial charge in [-0.2, -0.15) is 0 Å². The lowest BCUT2D eigenvalue weighted by Crippen LogP contribution is -2.29. The molecule has 1 saturated heterocycles. The van der Waals surface area contributed by atoms with Gasteiger partial charge in [0.2, 0.25) is 0 Å². The van der Waals surface area contributed by atoms with Crippen LogP contribution >= 0.6 is 0 Å². The Balaban J connectivity index is 1.77. The molecule has 0 radical (unpaired) electrons. The Hall–Kier alpha value is -4.26. The molecule has 1 amide bonds. The monoisotopic (exact) mass is 526 g/mol. The average molecular weight is 527 g/mol. The van der Waals surface area contributed by atoms with Crippen molar-refractivity contribution >= 4 is 23.4 Å². The second kappa shape index (κ2) is 11.2. The van der Waals surface area contributed by atoms with Crippen LogP contribution in [0, 0.1) is 6.92 Å². The summed E-state index contributed by atoms with van der Waals surface area (Å²) in [6, 6.07) is 15.3. The van der Waals surface area contributed by atoms with Crippen LogP contribution in [0.25, 0.3) is 5.76 Å². The largest absolute Gasteiger partial charge is 0.507 e. The van der Waals surface area contributed by atoms with Gasteiger partial charge in [0.1, 0.15) is 5.76 Å². The number of nitrogens with zero attached hydrogens (tertiary/aromatic N) is 2. The van der Waals surface area contributed by atoms with Crippen molar-refractivity contribution in [2.45, 2.75) is 59.0 Å². The third-order valence-corrected chi connectivity index (χ3v) is 6.88. The molecule has 39 heavy (non-hydrogen) atoms. The molecule has 1 aliphatic rings. The van der Waals surface area contributed by atoms with E-state index in [0.717, 1.165) is 23.1 Å². The van der Waals surface area contributed by atoms with Crippen molar-refractivity contribution in [2.75, 3.05) is 6.61 Å². The Bertz CT molecular complexity index is 1420. The van der Waals surface area contributed by atoms with Gasteiger partial charge in [-0.15, -0.1) is 0 Å². The standard InChI is InChI=1S/C32H34N2O5/c1-6-16-39-31(38)22-12-10-21(11-13-22)19-34-27(23-8-7-15-33-18-23)26(29(36)30(34)37)28(35)25-17-24(32(3,4)5)14-9-20(25)2/h7-15,17-18,27,35H,6,16,19H2,1-5H3/b28-26+. The topological polar surface area (TPSA) is 96.8 Å². The zero-order chi connectivity index (χ0) is 28.3. The molecule has 1 aliphatic heterocycles. The lowest BCUT2D eigenvalue weighted by molar-refractivity contribution is -0.140. The first-order valence-corrected chi connectivity index (χ1v) is 13.1. The summed E-state index contributed by atoms with van der Waals surface area (Å²) in [6.07, 6.45) is 3.94. The number of likely N-dealkylation sites (tertiary alicyclic amines) is 1. The molecule has 0 spiro atoms. The van der Waals surface area contributed by atoms with Crippen LogP contribution in [-0.4, -0.2) is 39.3 Å². The molecule has 1 atom stereocenters. The van der Waals surface area contributed by atoms with Crippen LogP contribution in [0.3, 0.4) is 0 Å². The smallest absolute Gasteiger partial charge is 0.338 e. The number of benzene rings is 2. The molecule has 3 aromatic rings. The van der Waals surface area contributed by atoms with E-state index < -0.39 is 23.7 Å². The van der Waals surface area contributed by atoms with Gasteiger partial charge >= 0.3 is 5.97 Å². The molecule has 2 heterocycles. The fourth-order valence-electron chi connectivity index (χ4n) is 4.64. The second-order valence-electron chi connectivity index (χ2n) is 10.8. The first kappa shape index (κ1) is 27.8. The molecule has 1 fully saturated rings. The van der Waals surface area contributed by atoms with Crippen LogP contribution in [0.1, 0.15) is 78.3 Å². The number of Topliss-reactive ketones (excluding diaryl/α,β-unsaturated/α-hetero) is 1. The summed E-state index contributed by atoms with van der Waals surface area (Å²) in [5.74, 6) is -2.07. The predicted octanol–water partition coefficient (Wildman–Crippen LogP) is 5.88. The lowest BCUT2D eigenvalue weighted by atomic mass is 9.84. The summed E-state index contributed by atoms with van der Waals surface area (Å²) >= 11 is 0. The van der Waals surface area contributed by atoms with Crippen molar-refractivity contribution in [1.82, 2.24) is 9.88 Å². The number of aryl methyl sites for hydroxylation is 1. The highest BCUT2D eigenvalue weighted by molar-refractivity contribution is 6.46. The number of carbonyl (C=O) groups is 3. The van der Waals surface area contributed by atoms with E-state index >= 15 is 0 Å². The minimum Gasteiger partial charge on any atom is -0.507 e. The first-order chi connectivity index (χ1) is 18.5. The van der Waals surface area contributed by atoms with Gasteiger partial charge in [-0.3, -0.25) is 14.6 Å². The van der Waals surface area contributed by atoms with E-state index in [1.165, 1.54) is 4.90 Å². The Kier molecular flexibility index (Phi) is 8.00. The van der Waals surface area contributed by atoms with Crippen LogP contribution in [0.15, 0.2) is 72.6 Å². The molecule has 2 aromatic carbocycles. The molecule has 1 unspecified atom stereocenters. The van der Waals surface area contributed by atoms with E-state index in [1.807, 2.05) is 32.0 Å². The molecule has 1 N–H and O–H groups in total. The molecular weight excluding hydrogens is 492 g/mol. The zero-order valence-electron chi connectivity index (χ0n) is 23.0. The van der Waals surface area contributed by atoms with Gasteiger partial charge in [0.15, 0.2) is 0 Å². The second-order valence-corrected chi connectivity index (χ2v) is 10.8. The highest BCUT2D eigenvalue weighted by Gasteiger charge is 2.46. The molecule has 0 saturated carbocycles. The maximum atomic E-state index is 13.5. The summed E-state index contributed by atoms with van der Waals surface area (Å²) in [6.45, 7) is 10.5. The SMILES string of the molecule is CCCOC(=O)c1ccc(CN2C(=O)C(=O)/C(=C(/O)c3cc(C(C)(C)C)ccc3C)C2c2cccnc2)cc1. The van der Waals surface area contributed by atoms with Crippen molar-refractivity contribution in [2.24, 2.45) is 0 Å². The molecular formula is C32H34N2O5. The fourth-order valence-corrected chi connectivity index (χ4v) is 4.64. The summed E-state index contributed by atoms with van der Waals surface area (Å²) in [5, 5.41) is 11.6. The number of aliphatic hydroxyl groups excluding tert-OH is 1. The van der Waals surface area contributed by atoms with Gasteiger partial charge in [-0.05, 0) is 65.3 Å². The number of aromatic nitrogens is 1. The number of carbonyl (C=O) groups excluding carboxylic acids is 3. The van der Waals surface area contributed by atoms with Gasteiger partial charge < -0.3 is 14.7 Å². The van der Waals surface area contributed by atoms with E-state index in [-0.39, 0.29) is 23.3 Å². The van der Waals surface area contributed by atoms with Crippen molar-refractivity contribution < 1.29 is 24.2 Å². The van der Waals surface area contributed by atoms with Gasteiger partial charge in [-0.1, -0.05) is 58.0 Å². The van der Waals surface area contributed by atoms with Gasteiger partial charge in [0.25, 0.3) is 11.7 Å². The summed E-state index contributed by atoms with van der Waals surface area (Å²) in [4.78, 5) is 44.7. The molecule has 0 aliphatic carbocycles. The zero-order valence-corrected chi connectivity index (χ0v) is 23.0. The van der Waals surface area contributed by atoms with E-state index in [2.05, 4.69) is 25.8 Å². The highest BCUT2D eigenvalue weighted by Crippen LogP contribution is 2.41. The number of hydrogen-bond acceptors (Lipinski definition) is 6. The third kappa shape index (κ3) is 5.77. The normalized spacial score (nSPS) is 16.9. The van der Waals surface area contributed by atoms with Crippen molar-refractivity contribution in [3.63, 3.8) is 0 Å². The number of amides is 1. The lowest BCUT2D eigenvalue weighted by Gasteiger charge is -2.26. The van der Waals surface area contributed by atoms with Gasteiger partial charge in [-0.25, -0.2) is 4.79 Å². The molecule has 0 bridgehead atoms. The maximum Gasteiger partial charge on any atom is 0.338 e. The van der Waals surface area contributed by atoms with Crippen LogP contribution in [-0.2, 0) is 26.3 Å². The van der Waals surface area contributed by atoms with Gasteiger partial charge in [0.05, 0.1) is 23.8 Å². The molecule has 1 aromatic heterocycles. The number of rotatable bonds is 7. The van der Waals surface area contributed by atoms with E-state index in [1.54, 1.807) is 48.8 Å². The van der Waals surface area contributed by atoms with Crippen molar-refractivity contribution in [3.05, 3.63) is 106 Å². The number of pyridine rings is 1. The molecule has 4 rings (SSSR count). The van der Waals surface area contributed by atoms with E-state index in [0.29, 0.717) is 23.3 Å². The van der Waals surface area contributed by atoms with Crippen LogP contribution in [0.4, 0.5) is 0 Å². The Labute approximate surface area is 229 Å². The Morgan fingerprint density at radius 2 is 1.79 bits per heavy atom. The number of ketones is 1. The Morgan fingerprint density at radius 1 is 1.08 bits per heavy atom.